The monoisotopic (exact) mass is 162 g/mol. The predicted octanol–water partition coefficient (Wildman–Crippen LogP) is 2.24. The summed E-state index contributed by atoms with van der Waals surface area (Å²) in [5, 5.41) is 12.6. The summed E-state index contributed by atoms with van der Waals surface area (Å²) >= 11 is 0. The predicted molar refractivity (Wildman–Crippen MR) is 48.4 cm³/mol. The zero-order valence-corrected chi connectivity index (χ0v) is 7.37. The second kappa shape index (κ2) is 2.31. The summed E-state index contributed by atoms with van der Waals surface area (Å²) in [5.74, 6) is 0. The van der Waals surface area contributed by atoms with E-state index in [9.17, 15) is 5.21 Å². The molecule has 1 aliphatic rings. The van der Waals surface area contributed by atoms with Crippen LogP contribution in [0.5, 0.6) is 0 Å². The molecule has 0 aromatic heterocycles. The lowest BCUT2D eigenvalue weighted by molar-refractivity contribution is 0.210. The number of benzene rings is 1. The third-order valence-electron chi connectivity index (χ3n) is 2.61. The molecule has 0 N–H and O–H groups in total. The first-order valence-electron chi connectivity index (χ1n) is 4.15. The Hall–Kier alpha value is -0.860. The van der Waals surface area contributed by atoms with E-state index in [1.807, 2.05) is 38.1 Å². The molecule has 1 aromatic rings. The summed E-state index contributed by atoms with van der Waals surface area (Å²) in [5.41, 5.74) is 1.99. The van der Waals surface area contributed by atoms with Crippen LogP contribution in [0.3, 0.4) is 0 Å². The van der Waals surface area contributed by atoms with Crippen LogP contribution in [0.1, 0.15) is 25.0 Å². The molecule has 0 saturated carbocycles. The van der Waals surface area contributed by atoms with Crippen LogP contribution in [0.4, 0.5) is 0 Å². The molecule has 1 heterocycles. The number of hydroxylamine groups is 2. The zero-order chi connectivity index (χ0) is 8.77. The topological polar surface area (TPSA) is 26.3 Å². The fourth-order valence-corrected chi connectivity index (χ4v) is 1.74. The standard InChI is InChI=1S/C10H12NO/c1-10(2)9-6-4-3-5-8(9)7-11(10)12/h3-6H,7H2,1-2H3/q-1. The summed E-state index contributed by atoms with van der Waals surface area (Å²) < 4.78 is 0. The van der Waals surface area contributed by atoms with Gasteiger partial charge in [0, 0.05) is 12.1 Å². The Bertz CT molecular complexity index is 306. The lowest BCUT2D eigenvalue weighted by Crippen LogP contribution is -2.29. The van der Waals surface area contributed by atoms with Gasteiger partial charge in [0.05, 0.1) is 0 Å². The molecule has 2 nitrogen and oxygen atoms in total. The van der Waals surface area contributed by atoms with Gasteiger partial charge < -0.3 is 10.3 Å². The number of rotatable bonds is 0. The third kappa shape index (κ3) is 0.886. The Morgan fingerprint density at radius 1 is 1.33 bits per heavy atom. The van der Waals surface area contributed by atoms with Gasteiger partial charge in [-0.15, -0.1) is 0 Å². The van der Waals surface area contributed by atoms with Crippen molar-refractivity contribution in [1.82, 2.24) is 5.06 Å². The Morgan fingerprint density at radius 2 is 2.00 bits per heavy atom. The van der Waals surface area contributed by atoms with Gasteiger partial charge in [-0.25, -0.2) is 0 Å². The van der Waals surface area contributed by atoms with Crippen LogP contribution in [0.25, 0.3) is 0 Å². The Balaban J connectivity index is 2.55. The van der Waals surface area contributed by atoms with Gasteiger partial charge in [0.15, 0.2) is 0 Å². The SMILES string of the molecule is CC1(C)c2ccccc2CN1[O-]. The summed E-state index contributed by atoms with van der Waals surface area (Å²) in [6.45, 7) is 4.46. The van der Waals surface area contributed by atoms with Crippen molar-refractivity contribution >= 4 is 0 Å². The first kappa shape index (κ1) is 7.77. The molecule has 0 saturated heterocycles. The van der Waals surface area contributed by atoms with Crippen LogP contribution < -0.4 is 0 Å². The van der Waals surface area contributed by atoms with E-state index >= 15 is 0 Å². The highest BCUT2D eigenvalue weighted by molar-refractivity contribution is 5.37. The lowest BCUT2D eigenvalue weighted by Gasteiger charge is -2.37. The molecule has 1 aliphatic heterocycles. The maximum atomic E-state index is 11.5. The quantitative estimate of drug-likeness (QED) is 0.584. The molecule has 0 radical (unpaired) electrons. The molecule has 0 aliphatic carbocycles. The number of fused-ring (bicyclic) bond motifs is 1. The highest BCUT2D eigenvalue weighted by Gasteiger charge is 2.30. The molecule has 1 aromatic carbocycles. The van der Waals surface area contributed by atoms with E-state index in [4.69, 9.17) is 0 Å². The zero-order valence-electron chi connectivity index (χ0n) is 7.37. The normalized spacial score (nSPS) is 20.9. The van der Waals surface area contributed by atoms with Crippen LogP contribution in [0.15, 0.2) is 24.3 Å². The first-order valence-corrected chi connectivity index (χ1v) is 4.15. The van der Waals surface area contributed by atoms with Crippen molar-refractivity contribution in [2.24, 2.45) is 0 Å². The molecule has 2 heteroatoms. The fraction of sp³-hybridized carbons (Fsp3) is 0.400. The van der Waals surface area contributed by atoms with Crippen molar-refractivity contribution in [2.75, 3.05) is 0 Å². The summed E-state index contributed by atoms with van der Waals surface area (Å²) in [6, 6.07) is 8.02. The van der Waals surface area contributed by atoms with Crippen LogP contribution >= 0.6 is 0 Å². The molecule has 0 unspecified atom stereocenters. The van der Waals surface area contributed by atoms with Crippen LogP contribution in [0, 0.1) is 5.21 Å². The van der Waals surface area contributed by atoms with Crippen molar-refractivity contribution in [3.8, 4) is 0 Å². The van der Waals surface area contributed by atoms with E-state index in [0.29, 0.717) is 6.54 Å². The summed E-state index contributed by atoms with van der Waals surface area (Å²) in [6.07, 6.45) is 0. The van der Waals surface area contributed by atoms with E-state index in [-0.39, 0.29) is 5.54 Å². The number of nitrogens with zero attached hydrogens (tertiary/aromatic N) is 1. The van der Waals surface area contributed by atoms with Gasteiger partial charge >= 0.3 is 0 Å². The maximum absolute atomic E-state index is 11.5. The first-order chi connectivity index (χ1) is 5.62. The van der Waals surface area contributed by atoms with Crippen molar-refractivity contribution in [1.29, 1.82) is 0 Å². The summed E-state index contributed by atoms with van der Waals surface area (Å²) in [7, 11) is 0. The second-order valence-corrected chi connectivity index (χ2v) is 3.75. The lowest BCUT2D eigenvalue weighted by atomic mass is 9.95. The maximum Gasteiger partial charge on any atom is 0.0294 e. The molecule has 64 valence electrons. The molecule has 0 atom stereocenters. The molecule has 12 heavy (non-hydrogen) atoms. The fourth-order valence-electron chi connectivity index (χ4n) is 1.74. The van der Waals surface area contributed by atoms with Crippen LogP contribution in [-0.4, -0.2) is 5.06 Å². The molecular weight excluding hydrogens is 150 g/mol. The average molecular weight is 162 g/mol. The van der Waals surface area contributed by atoms with Gasteiger partial charge in [0.2, 0.25) is 0 Å². The van der Waals surface area contributed by atoms with Crippen molar-refractivity contribution in [3.63, 3.8) is 0 Å². The van der Waals surface area contributed by atoms with Gasteiger partial charge in [0.1, 0.15) is 0 Å². The molecule has 2 rings (SSSR count). The van der Waals surface area contributed by atoms with E-state index < -0.39 is 0 Å². The highest BCUT2D eigenvalue weighted by atomic mass is 16.5. The Morgan fingerprint density at radius 3 is 2.67 bits per heavy atom. The van der Waals surface area contributed by atoms with E-state index in [1.54, 1.807) is 0 Å². The van der Waals surface area contributed by atoms with E-state index in [1.165, 1.54) is 5.56 Å². The van der Waals surface area contributed by atoms with Crippen LogP contribution in [-0.2, 0) is 12.1 Å². The van der Waals surface area contributed by atoms with Crippen molar-refractivity contribution < 1.29 is 0 Å². The molecular formula is C10H12NO-. The van der Waals surface area contributed by atoms with E-state index in [0.717, 1.165) is 10.6 Å². The number of hydrogen-bond acceptors (Lipinski definition) is 2. The van der Waals surface area contributed by atoms with Gasteiger partial charge in [0.25, 0.3) is 0 Å². The largest absolute Gasteiger partial charge is 0.784 e. The van der Waals surface area contributed by atoms with Gasteiger partial charge in [-0.2, -0.15) is 0 Å². The molecule has 0 spiro atoms. The molecule has 0 bridgehead atoms. The Labute approximate surface area is 72.4 Å². The number of hydrogen-bond donors (Lipinski definition) is 0. The summed E-state index contributed by atoms with van der Waals surface area (Å²) in [4.78, 5) is 0. The van der Waals surface area contributed by atoms with Crippen LogP contribution in [0.2, 0.25) is 0 Å². The minimum absolute atomic E-state index is 0.337. The van der Waals surface area contributed by atoms with Crippen molar-refractivity contribution in [3.05, 3.63) is 40.6 Å². The second-order valence-electron chi connectivity index (χ2n) is 3.75. The molecule has 0 amide bonds. The molecule has 0 fully saturated rings. The van der Waals surface area contributed by atoms with Gasteiger partial charge in [-0.3, -0.25) is 0 Å². The van der Waals surface area contributed by atoms with Gasteiger partial charge in [-0.05, 0) is 25.0 Å². The third-order valence-corrected chi connectivity index (χ3v) is 2.61. The average Bonchev–Trinajstić information content (AvgIpc) is 2.25. The van der Waals surface area contributed by atoms with Gasteiger partial charge in [-0.1, -0.05) is 24.3 Å². The van der Waals surface area contributed by atoms with Crippen molar-refractivity contribution in [2.45, 2.75) is 25.9 Å². The van der Waals surface area contributed by atoms with E-state index in [2.05, 4.69) is 0 Å². The highest BCUT2D eigenvalue weighted by Crippen LogP contribution is 2.37. The minimum Gasteiger partial charge on any atom is -0.784 e. The Kier molecular flexibility index (Phi) is 1.50. The minimum atomic E-state index is -0.337. The smallest absolute Gasteiger partial charge is 0.0294 e.